The first-order valence-corrected chi connectivity index (χ1v) is 7.10. The lowest BCUT2D eigenvalue weighted by Gasteiger charge is -2.25. The van der Waals surface area contributed by atoms with E-state index in [0.29, 0.717) is 25.2 Å². The second-order valence-corrected chi connectivity index (χ2v) is 4.78. The summed E-state index contributed by atoms with van der Waals surface area (Å²) in [5.74, 6) is 0.478. The Bertz CT molecular complexity index is 513. The number of non-ortho nitro benzene ring substituents is 1. The number of nitrogens with one attached hydrogen (secondary N) is 1. The molecule has 0 spiro atoms. The molecule has 0 saturated heterocycles. The van der Waals surface area contributed by atoms with Gasteiger partial charge in [-0.1, -0.05) is 19.9 Å². The van der Waals surface area contributed by atoms with Crippen molar-refractivity contribution < 1.29 is 9.66 Å². The van der Waals surface area contributed by atoms with E-state index in [2.05, 4.69) is 11.4 Å². The fourth-order valence-corrected chi connectivity index (χ4v) is 2.15. The smallest absolute Gasteiger partial charge is 0.273 e. The lowest BCUT2D eigenvalue weighted by Crippen LogP contribution is -2.43. The summed E-state index contributed by atoms with van der Waals surface area (Å²) < 4.78 is 5.52. The van der Waals surface area contributed by atoms with E-state index >= 15 is 0 Å². The van der Waals surface area contributed by atoms with Gasteiger partial charge in [-0.3, -0.25) is 15.4 Å². The number of benzene rings is 1. The predicted molar refractivity (Wildman–Crippen MR) is 80.1 cm³/mol. The molecular weight excluding hydrogens is 270 g/mol. The molecule has 0 fully saturated rings. The second kappa shape index (κ2) is 8.22. The molecule has 0 heterocycles. The van der Waals surface area contributed by atoms with Gasteiger partial charge in [0, 0.05) is 6.07 Å². The van der Waals surface area contributed by atoms with Gasteiger partial charge in [-0.05, 0) is 31.9 Å². The van der Waals surface area contributed by atoms with Gasteiger partial charge in [0.15, 0.2) is 0 Å². The van der Waals surface area contributed by atoms with Crippen molar-refractivity contribution in [2.45, 2.75) is 38.6 Å². The van der Waals surface area contributed by atoms with Crippen LogP contribution in [0.25, 0.3) is 0 Å². The van der Waals surface area contributed by atoms with Gasteiger partial charge in [-0.25, -0.2) is 0 Å². The molecule has 1 aromatic carbocycles. The SMILES string of the molecule is CCNC(C#N)(CC)CCCOc1cccc([N+](=O)[O-])c1. The van der Waals surface area contributed by atoms with E-state index in [1.807, 2.05) is 13.8 Å². The van der Waals surface area contributed by atoms with Crippen LogP contribution < -0.4 is 10.1 Å². The maximum atomic E-state index is 10.7. The summed E-state index contributed by atoms with van der Waals surface area (Å²) in [6.07, 6.45) is 2.12. The molecule has 1 rings (SSSR count). The summed E-state index contributed by atoms with van der Waals surface area (Å²) in [5, 5.41) is 23.2. The van der Waals surface area contributed by atoms with E-state index < -0.39 is 10.5 Å². The molecular formula is C15H21N3O3. The number of rotatable bonds is 9. The number of nitrogens with zero attached hydrogens (tertiary/aromatic N) is 2. The van der Waals surface area contributed by atoms with Crippen LogP contribution in [0.15, 0.2) is 24.3 Å². The van der Waals surface area contributed by atoms with Crippen molar-refractivity contribution in [2.75, 3.05) is 13.2 Å². The van der Waals surface area contributed by atoms with Crippen molar-refractivity contribution in [3.8, 4) is 11.8 Å². The number of ether oxygens (including phenoxy) is 1. The van der Waals surface area contributed by atoms with Crippen molar-refractivity contribution in [3.05, 3.63) is 34.4 Å². The van der Waals surface area contributed by atoms with Crippen LogP contribution >= 0.6 is 0 Å². The molecule has 1 unspecified atom stereocenters. The lowest BCUT2D eigenvalue weighted by atomic mass is 9.92. The summed E-state index contributed by atoms with van der Waals surface area (Å²) >= 11 is 0. The molecule has 1 aromatic rings. The van der Waals surface area contributed by atoms with Crippen LogP contribution in [0.1, 0.15) is 33.1 Å². The molecule has 0 amide bonds. The molecule has 0 saturated carbocycles. The van der Waals surface area contributed by atoms with Gasteiger partial charge in [0.25, 0.3) is 5.69 Å². The zero-order valence-electron chi connectivity index (χ0n) is 12.5. The average Bonchev–Trinajstić information content (AvgIpc) is 2.50. The highest BCUT2D eigenvalue weighted by molar-refractivity contribution is 5.37. The summed E-state index contributed by atoms with van der Waals surface area (Å²) in [6.45, 7) is 5.12. The molecule has 114 valence electrons. The van der Waals surface area contributed by atoms with Crippen LogP contribution in [0, 0.1) is 21.4 Å². The first kappa shape index (κ1) is 16.9. The third-order valence-electron chi connectivity index (χ3n) is 3.38. The zero-order valence-corrected chi connectivity index (χ0v) is 12.5. The minimum Gasteiger partial charge on any atom is -0.493 e. The van der Waals surface area contributed by atoms with E-state index in [1.165, 1.54) is 12.1 Å². The summed E-state index contributed by atoms with van der Waals surface area (Å²) in [6, 6.07) is 8.45. The van der Waals surface area contributed by atoms with Crippen molar-refractivity contribution >= 4 is 5.69 Å². The van der Waals surface area contributed by atoms with Gasteiger partial charge in [0.1, 0.15) is 11.3 Å². The number of nitriles is 1. The van der Waals surface area contributed by atoms with E-state index in [-0.39, 0.29) is 5.69 Å². The number of nitro groups is 1. The van der Waals surface area contributed by atoms with Crippen molar-refractivity contribution in [1.82, 2.24) is 5.32 Å². The molecule has 0 radical (unpaired) electrons. The molecule has 0 aliphatic heterocycles. The van der Waals surface area contributed by atoms with Gasteiger partial charge < -0.3 is 4.74 Å². The Morgan fingerprint density at radius 3 is 2.81 bits per heavy atom. The Hall–Kier alpha value is -2.13. The highest BCUT2D eigenvalue weighted by atomic mass is 16.6. The van der Waals surface area contributed by atoms with Crippen LogP contribution in [-0.2, 0) is 0 Å². The Balaban J connectivity index is 2.48. The fraction of sp³-hybridized carbons (Fsp3) is 0.533. The topological polar surface area (TPSA) is 88.2 Å². The Morgan fingerprint density at radius 1 is 1.48 bits per heavy atom. The lowest BCUT2D eigenvalue weighted by molar-refractivity contribution is -0.384. The first-order chi connectivity index (χ1) is 10.1. The van der Waals surface area contributed by atoms with Crippen LogP contribution in [-0.4, -0.2) is 23.6 Å². The van der Waals surface area contributed by atoms with Gasteiger partial charge in [-0.2, -0.15) is 5.26 Å². The minimum atomic E-state index is -0.513. The Morgan fingerprint density at radius 2 is 2.24 bits per heavy atom. The molecule has 0 aliphatic rings. The third kappa shape index (κ3) is 5.04. The molecule has 1 N–H and O–H groups in total. The summed E-state index contributed by atoms with van der Waals surface area (Å²) in [4.78, 5) is 10.2. The van der Waals surface area contributed by atoms with E-state index in [1.54, 1.807) is 12.1 Å². The van der Waals surface area contributed by atoms with Crippen molar-refractivity contribution in [1.29, 1.82) is 5.26 Å². The number of hydrogen-bond acceptors (Lipinski definition) is 5. The van der Waals surface area contributed by atoms with Crippen LogP contribution in [0.4, 0.5) is 5.69 Å². The highest BCUT2D eigenvalue weighted by Gasteiger charge is 2.25. The van der Waals surface area contributed by atoms with Crippen LogP contribution in [0.2, 0.25) is 0 Å². The zero-order chi connectivity index (χ0) is 15.7. The normalized spacial score (nSPS) is 13.2. The highest BCUT2D eigenvalue weighted by Crippen LogP contribution is 2.20. The predicted octanol–water partition coefficient (Wildman–Crippen LogP) is 3.04. The third-order valence-corrected chi connectivity index (χ3v) is 3.38. The van der Waals surface area contributed by atoms with Gasteiger partial charge in [0.05, 0.1) is 23.7 Å². The first-order valence-electron chi connectivity index (χ1n) is 7.10. The molecule has 6 heteroatoms. The number of nitro benzene ring substituents is 1. The van der Waals surface area contributed by atoms with E-state index in [0.717, 1.165) is 13.0 Å². The van der Waals surface area contributed by atoms with E-state index in [9.17, 15) is 15.4 Å². The maximum Gasteiger partial charge on any atom is 0.273 e. The Labute approximate surface area is 124 Å². The van der Waals surface area contributed by atoms with E-state index in [4.69, 9.17) is 4.74 Å². The fourth-order valence-electron chi connectivity index (χ4n) is 2.15. The van der Waals surface area contributed by atoms with Crippen molar-refractivity contribution in [2.24, 2.45) is 0 Å². The molecule has 0 aliphatic carbocycles. The quantitative estimate of drug-likeness (QED) is 0.429. The minimum absolute atomic E-state index is 0.0140. The largest absolute Gasteiger partial charge is 0.493 e. The van der Waals surface area contributed by atoms with Gasteiger partial charge in [0.2, 0.25) is 0 Å². The average molecular weight is 291 g/mol. The summed E-state index contributed by atoms with van der Waals surface area (Å²) in [7, 11) is 0. The molecule has 6 nitrogen and oxygen atoms in total. The van der Waals surface area contributed by atoms with Crippen LogP contribution in [0.3, 0.4) is 0 Å². The monoisotopic (exact) mass is 291 g/mol. The maximum absolute atomic E-state index is 10.7. The summed E-state index contributed by atoms with van der Waals surface area (Å²) in [5.41, 5.74) is -0.499. The standard InChI is InChI=1S/C15H21N3O3/c1-3-15(12-16,17-4-2)9-6-10-21-14-8-5-7-13(11-14)18(19)20/h5,7-8,11,17H,3-4,6,9-10H2,1-2H3. The van der Waals surface area contributed by atoms with Crippen LogP contribution in [0.5, 0.6) is 5.75 Å². The number of hydrogen-bond donors (Lipinski definition) is 1. The molecule has 0 bridgehead atoms. The van der Waals surface area contributed by atoms with Crippen molar-refractivity contribution in [3.63, 3.8) is 0 Å². The molecule has 21 heavy (non-hydrogen) atoms. The molecule has 1 atom stereocenters. The Kier molecular flexibility index (Phi) is 6.63. The second-order valence-electron chi connectivity index (χ2n) is 4.78. The van der Waals surface area contributed by atoms with Gasteiger partial charge in [-0.15, -0.1) is 0 Å². The van der Waals surface area contributed by atoms with Gasteiger partial charge >= 0.3 is 0 Å². The molecule has 0 aromatic heterocycles.